The zero-order chi connectivity index (χ0) is 17.2. The number of anilines is 1. The summed E-state index contributed by atoms with van der Waals surface area (Å²) in [5.41, 5.74) is -0.514. The molecule has 23 heavy (non-hydrogen) atoms. The van der Waals surface area contributed by atoms with Crippen molar-refractivity contribution < 1.29 is 23.2 Å². The first-order valence-electron chi connectivity index (χ1n) is 6.33. The second-order valence-electron chi connectivity index (χ2n) is 4.72. The largest absolute Gasteiger partial charge is 0.434 e. The molecular formula is C13H12F3N3O3S. The molecule has 10 heteroatoms. The molecule has 0 fully saturated rings. The van der Waals surface area contributed by atoms with Crippen LogP contribution in [0.2, 0.25) is 0 Å². The summed E-state index contributed by atoms with van der Waals surface area (Å²) in [6, 6.07) is 4.09. The summed E-state index contributed by atoms with van der Waals surface area (Å²) in [5, 5.41) is 21.3. The number of alkyl halides is 3. The van der Waals surface area contributed by atoms with Crippen molar-refractivity contribution in [1.82, 2.24) is 4.98 Å². The van der Waals surface area contributed by atoms with Crippen LogP contribution in [0.4, 0.5) is 24.5 Å². The van der Waals surface area contributed by atoms with Crippen LogP contribution < -0.4 is 4.90 Å². The van der Waals surface area contributed by atoms with Gasteiger partial charge in [0.15, 0.2) is 5.69 Å². The molecule has 0 aliphatic heterocycles. The fourth-order valence-corrected chi connectivity index (χ4v) is 2.78. The number of thiazole rings is 1. The van der Waals surface area contributed by atoms with E-state index in [4.69, 9.17) is 5.11 Å². The monoisotopic (exact) mass is 347 g/mol. The van der Waals surface area contributed by atoms with Gasteiger partial charge in [0.2, 0.25) is 0 Å². The lowest BCUT2D eigenvalue weighted by Crippen LogP contribution is -2.18. The van der Waals surface area contributed by atoms with Crippen molar-refractivity contribution in [3.8, 4) is 0 Å². The lowest BCUT2D eigenvalue weighted by atomic mass is 10.1. The van der Waals surface area contributed by atoms with E-state index in [1.807, 2.05) is 0 Å². The lowest BCUT2D eigenvalue weighted by molar-refractivity contribution is -0.384. The third kappa shape index (κ3) is 3.96. The van der Waals surface area contributed by atoms with Gasteiger partial charge in [-0.3, -0.25) is 10.1 Å². The Morgan fingerprint density at radius 2 is 2.13 bits per heavy atom. The maximum absolute atomic E-state index is 12.5. The predicted molar refractivity (Wildman–Crippen MR) is 78.2 cm³/mol. The van der Waals surface area contributed by atoms with Gasteiger partial charge >= 0.3 is 6.18 Å². The van der Waals surface area contributed by atoms with Crippen LogP contribution in [0.15, 0.2) is 23.6 Å². The second-order valence-corrected chi connectivity index (χ2v) is 5.66. The molecule has 1 N–H and O–H groups in total. The summed E-state index contributed by atoms with van der Waals surface area (Å²) in [4.78, 5) is 15.4. The summed E-state index contributed by atoms with van der Waals surface area (Å²) < 4.78 is 37.6. The van der Waals surface area contributed by atoms with Gasteiger partial charge in [-0.05, 0) is 17.7 Å². The zero-order valence-electron chi connectivity index (χ0n) is 11.9. The van der Waals surface area contributed by atoms with Crippen LogP contribution in [-0.2, 0) is 19.3 Å². The smallest absolute Gasteiger partial charge is 0.392 e. The van der Waals surface area contributed by atoms with Crippen LogP contribution in [0.1, 0.15) is 16.3 Å². The number of aliphatic hydroxyl groups excluding tert-OH is 1. The lowest BCUT2D eigenvalue weighted by Gasteiger charge is -2.18. The topological polar surface area (TPSA) is 79.5 Å². The van der Waals surface area contributed by atoms with E-state index in [1.165, 1.54) is 30.1 Å². The molecule has 0 spiro atoms. The Labute approximate surface area is 133 Å². The van der Waals surface area contributed by atoms with Crippen molar-refractivity contribution in [2.24, 2.45) is 0 Å². The highest BCUT2D eigenvalue weighted by Crippen LogP contribution is 2.32. The van der Waals surface area contributed by atoms with E-state index in [0.717, 1.165) is 16.7 Å². The number of hydrogen-bond donors (Lipinski definition) is 1. The predicted octanol–water partition coefficient (Wildman–Crippen LogP) is 3.20. The van der Waals surface area contributed by atoms with Crippen LogP contribution in [0.3, 0.4) is 0 Å². The van der Waals surface area contributed by atoms with Gasteiger partial charge in [-0.25, -0.2) is 4.98 Å². The third-order valence-corrected chi connectivity index (χ3v) is 3.88. The molecule has 0 atom stereocenters. The van der Waals surface area contributed by atoms with Crippen molar-refractivity contribution in [2.45, 2.75) is 19.3 Å². The standard InChI is InChI=1S/C13H12F3N3O3S/c1-18(5-12-17-11(7-23-12)13(14,15)16)10-4-8(6-20)2-3-9(10)19(21)22/h2-4,7,20H,5-6H2,1H3. The van der Waals surface area contributed by atoms with E-state index >= 15 is 0 Å². The SMILES string of the molecule is CN(Cc1nc(C(F)(F)F)cs1)c1cc(CO)ccc1[N+](=O)[O-]. The number of hydrogen-bond acceptors (Lipinski definition) is 6. The number of nitro groups is 1. The van der Waals surface area contributed by atoms with E-state index < -0.39 is 16.8 Å². The normalized spacial score (nSPS) is 11.5. The number of halogens is 3. The van der Waals surface area contributed by atoms with E-state index in [9.17, 15) is 23.3 Å². The fourth-order valence-electron chi connectivity index (χ4n) is 1.93. The summed E-state index contributed by atoms with van der Waals surface area (Å²) in [5.74, 6) is 0. The van der Waals surface area contributed by atoms with Crippen LogP contribution in [0.25, 0.3) is 0 Å². The first-order chi connectivity index (χ1) is 10.7. The number of aromatic nitrogens is 1. The quantitative estimate of drug-likeness (QED) is 0.664. The molecule has 0 saturated carbocycles. The minimum atomic E-state index is -4.52. The van der Waals surface area contributed by atoms with E-state index in [2.05, 4.69) is 4.98 Å². The average Bonchev–Trinajstić information content (AvgIpc) is 2.95. The van der Waals surface area contributed by atoms with Gasteiger partial charge in [-0.2, -0.15) is 13.2 Å². The molecule has 124 valence electrons. The molecule has 0 radical (unpaired) electrons. The van der Waals surface area contributed by atoms with Gasteiger partial charge in [0.25, 0.3) is 5.69 Å². The Hall–Kier alpha value is -2.20. The molecule has 2 rings (SSSR count). The summed E-state index contributed by atoms with van der Waals surface area (Å²) in [7, 11) is 1.51. The maximum Gasteiger partial charge on any atom is 0.434 e. The Morgan fingerprint density at radius 3 is 2.65 bits per heavy atom. The molecule has 0 aliphatic carbocycles. The average molecular weight is 347 g/mol. The number of benzene rings is 1. The molecule has 6 nitrogen and oxygen atoms in total. The number of nitro benzene ring substituents is 1. The van der Waals surface area contributed by atoms with Gasteiger partial charge in [0, 0.05) is 18.5 Å². The molecular weight excluding hydrogens is 335 g/mol. The molecule has 1 aromatic heterocycles. The van der Waals surface area contributed by atoms with Crippen molar-refractivity contribution in [1.29, 1.82) is 0 Å². The first-order valence-corrected chi connectivity index (χ1v) is 7.21. The van der Waals surface area contributed by atoms with Gasteiger partial charge in [-0.15, -0.1) is 11.3 Å². The molecule has 0 bridgehead atoms. The van der Waals surface area contributed by atoms with Crippen molar-refractivity contribution in [3.63, 3.8) is 0 Å². The molecule has 2 aromatic rings. The summed E-state index contributed by atoms with van der Waals surface area (Å²) >= 11 is 0.832. The van der Waals surface area contributed by atoms with Crippen LogP contribution in [0.5, 0.6) is 0 Å². The minimum Gasteiger partial charge on any atom is -0.392 e. The minimum absolute atomic E-state index is 0.0174. The zero-order valence-corrected chi connectivity index (χ0v) is 12.7. The number of aliphatic hydroxyl groups is 1. The molecule has 1 heterocycles. The van der Waals surface area contributed by atoms with Crippen LogP contribution in [0, 0.1) is 10.1 Å². The molecule has 0 aliphatic rings. The molecule has 0 amide bonds. The fraction of sp³-hybridized carbons (Fsp3) is 0.308. The molecule has 0 unspecified atom stereocenters. The highest BCUT2D eigenvalue weighted by Gasteiger charge is 2.33. The van der Waals surface area contributed by atoms with Crippen molar-refractivity contribution >= 4 is 22.7 Å². The number of rotatable bonds is 5. The Kier molecular flexibility index (Phi) is 4.85. The summed E-state index contributed by atoms with van der Waals surface area (Å²) in [6.07, 6.45) is -4.52. The number of nitrogens with zero attached hydrogens (tertiary/aromatic N) is 3. The maximum atomic E-state index is 12.5. The Bertz CT molecular complexity index is 718. The highest BCUT2D eigenvalue weighted by molar-refractivity contribution is 7.09. The van der Waals surface area contributed by atoms with Gasteiger partial charge < -0.3 is 10.0 Å². The molecule has 0 saturated heterocycles. The van der Waals surface area contributed by atoms with E-state index in [-0.39, 0.29) is 29.5 Å². The van der Waals surface area contributed by atoms with Crippen molar-refractivity contribution in [3.05, 3.63) is 50.0 Å². The van der Waals surface area contributed by atoms with Crippen molar-refractivity contribution in [2.75, 3.05) is 11.9 Å². The highest BCUT2D eigenvalue weighted by atomic mass is 32.1. The van der Waals surface area contributed by atoms with E-state index in [1.54, 1.807) is 0 Å². The van der Waals surface area contributed by atoms with E-state index in [0.29, 0.717) is 5.56 Å². The summed E-state index contributed by atoms with van der Waals surface area (Å²) in [6.45, 7) is -0.315. The Balaban J connectivity index is 2.28. The third-order valence-electron chi connectivity index (χ3n) is 3.04. The van der Waals surface area contributed by atoms with Gasteiger partial charge in [-0.1, -0.05) is 0 Å². The first kappa shape index (κ1) is 17.2. The van der Waals surface area contributed by atoms with Gasteiger partial charge in [0.1, 0.15) is 10.7 Å². The van der Waals surface area contributed by atoms with Gasteiger partial charge in [0.05, 0.1) is 18.1 Å². The van der Waals surface area contributed by atoms with Crippen LogP contribution in [-0.4, -0.2) is 22.1 Å². The Morgan fingerprint density at radius 1 is 1.43 bits per heavy atom. The molecule has 1 aromatic carbocycles. The second kappa shape index (κ2) is 6.50. The van der Waals surface area contributed by atoms with Crippen LogP contribution >= 0.6 is 11.3 Å².